The quantitative estimate of drug-likeness (QED) is 0.591. The van der Waals surface area contributed by atoms with E-state index in [0.29, 0.717) is 36.2 Å². The van der Waals surface area contributed by atoms with Crippen LogP contribution in [-0.4, -0.2) is 35.1 Å². The second-order valence-electron chi connectivity index (χ2n) is 9.03. The lowest BCUT2D eigenvalue weighted by Gasteiger charge is -2.30. The molecule has 0 spiro atoms. The van der Waals surface area contributed by atoms with Gasteiger partial charge in [0, 0.05) is 24.1 Å². The van der Waals surface area contributed by atoms with Gasteiger partial charge in [0.15, 0.2) is 11.5 Å². The molecule has 0 bridgehead atoms. The Kier molecular flexibility index (Phi) is 4.95. The van der Waals surface area contributed by atoms with Crippen LogP contribution in [0.5, 0.6) is 11.5 Å². The van der Waals surface area contributed by atoms with Crippen molar-refractivity contribution >= 4 is 23.4 Å². The van der Waals surface area contributed by atoms with Crippen LogP contribution in [0.25, 0.3) is 0 Å². The summed E-state index contributed by atoms with van der Waals surface area (Å²) in [5, 5.41) is 12.6. The molecule has 1 aromatic heterocycles. The van der Waals surface area contributed by atoms with E-state index in [-0.39, 0.29) is 23.0 Å². The normalized spacial score (nSPS) is 22.5. The van der Waals surface area contributed by atoms with Crippen molar-refractivity contribution in [3.63, 3.8) is 0 Å². The van der Waals surface area contributed by atoms with Gasteiger partial charge in [0.25, 0.3) is 5.56 Å². The fraction of sp³-hybridized carbons (Fsp3) is 0.308. The third-order valence-electron chi connectivity index (χ3n) is 6.82. The number of hydrogen-bond donors (Lipinski definition) is 2. The summed E-state index contributed by atoms with van der Waals surface area (Å²) >= 11 is 0. The molecule has 1 amide bonds. The van der Waals surface area contributed by atoms with E-state index < -0.39 is 17.7 Å². The van der Waals surface area contributed by atoms with Crippen LogP contribution in [0.2, 0.25) is 0 Å². The summed E-state index contributed by atoms with van der Waals surface area (Å²) in [5.74, 6) is -0.705. The predicted molar refractivity (Wildman–Crippen MR) is 128 cm³/mol. The maximum atomic E-state index is 13.5. The maximum Gasteiger partial charge on any atom is 0.258 e. The number of rotatable bonds is 2. The molecular weight excluding hydrogens is 446 g/mol. The Hall–Kier alpha value is -4.32. The van der Waals surface area contributed by atoms with Gasteiger partial charge >= 0.3 is 0 Å². The summed E-state index contributed by atoms with van der Waals surface area (Å²) in [7, 11) is 0. The summed E-state index contributed by atoms with van der Waals surface area (Å²) in [5.41, 5.74) is 2.63. The Labute approximate surface area is 201 Å². The van der Waals surface area contributed by atoms with Gasteiger partial charge in [-0.2, -0.15) is 10.2 Å². The van der Waals surface area contributed by atoms with E-state index in [9.17, 15) is 14.9 Å². The Morgan fingerprint density at radius 3 is 2.74 bits per heavy atom. The van der Waals surface area contributed by atoms with E-state index in [4.69, 9.17) is 9.47 Å². The van der Waals surface area contributed by atoms with Crippen molar-refractivity contribution < 1.29 is 14.3 Å². The van der Waals surface area contributed by atoms with Crippen molar-refractivity contribution in [1.82, 2.24) is 9.97 Å². The number of fused-ring (bicyclic) bond motifs is 3. The highest BCUT2D eigenvalue weighted by atomic mass is 16.5. The average molecular weight is 470 g/mol. The summed E-state index contributed by atoms with van der Waals surface area (Å²) < 4.78 is 11.5. The molecule has 0 saturated carbocycles. The summed E-state index contributed by atoms with van der Waals surface area (Å²) in [6, 6.07) is 15.4. The number of amides is 1. The number of nitrogens with one attached hydrogen (secondary N) is 2. The molecule has 0 saturated heterocycles. The molecule has 176 valence electrons. The number of para-hydroxylation sites is 1. The van der Waals surface area contributed by atoms with Gasteiger partial charge in [-0.15, -0.1) is 0 Å². The van der Waals surface area contributed by atoms with Crippen LogP contribution in [0, 0.1) is 17.2 Å². The molecule has 3 aliphatic rings. The highest BCUT2D eigenvalue weighted by Crippen LogP contribution is 2.43. The molecule has 9 nitrogen and oxygen atoms in total. The summed E-state index contributed by atoms with van der Waals surface area (Å²) in [6.07, 6.45) is 1.57. The molecule has 4 heterocycles. The second-order valence-corrected chi connectivity index (χ2v) is 9.03. The minimum atomic E-state index is -1.09. The number of aromatic nitrogens is 2. The van der Waals surface area contributed by atoms with Crippen molar-refractivity contribution in [2.45, 2.75) is 31.7 Å². The number of ether oxygens (including phenoxy) is 2. The van der Waals surface area contributed by atoms with Crippen molar-refractivity contribution in [3.05, 3.63) is 69.5 Å². The minimum absolute atomic E-state index is 0.0808. The van der Waals surface area contributed by atoms with Gasteiger partial charge in [0.2, 0.25) is 11.9 Å². The molecule has 3 aliphatic heterocycles. The summed E-state index contributed by atoms with van der Waals surface area (Å²) in [6.45, 7) is 3.11. The lowest BCUT2D eigenvalue weighted by atomic mass is 9.79. The SMILES string of the molecule is CC1Cc2ccccc2N1c1nc2c(c(=O)[nH]1)C(c1ccc3c(c1)OCCCO3)C(C#N)C(=O)N2. The minimum Gasteiger partial charge on any atom is -0.490 e. The first kappa shape index (κ1) is 21.2. The van der Waals surface area contributed by atoms with E-state index >= 15 is 0 Å². The first-order valence-corrected chi connectivity index (χ1v) is 11.7. The highest BCUT2D eigenvalue weighted by Gasteiger charge is 2.41. The molecule has 3 aromatic rings. The first-order valence-electron chi connectivity index (χ1n) is 11.7. The maximum absolute atomic E-state index is 13.5. The topological polar surface area (TPSA) is 120 Å². The fourth-order valence-electron chi connectivity index (χ4n) is 5.23. The summed E-state index contributed by atoms with van der Waals surface area (Å²) in [4.78, 5) is 36.1. The van der Waals surface area contributed by atoms with Gasteiger partial charge in [-0.3, -0.25) is 14.6 Å². The molecule has 3 atom stereocenters. The van der Waals surface area contributed by atoms with Crippen LogP contribution >= 0.6 is 0 Å². The van der Waals surface area contributed by atoms with Crippen molar-refractivity contribution in [3.8, 4) is 17.6 Å². The highest BCUT2D eigenvalue weighted by molar-refractivity contribution is 5.98. The Morgan fingerprint density at radius 1 is 1.11 bits per heavy atom. The number of H-pyrrole nitrogens is 1. The number of nitrogens with zero attached hydrogens (tertiary/aromatic N) is 3. The van der Waals surface area contributed by atoms with Gasteiger partial charge in [-0.25, -0.2) is 0 Å². The Morgan fingerprint density at radius 2 is 1.91 bits per heavy atom. The molecule has 2 aromatic carbocycles. The van der Waals surface area contributed by atoms with Gasteiger partial charge < -0.3 is 19.7 Å². The third kappa shape index (κ3) is 3.41. The second kappa shape index (κ2) is 8.17. The number of aromatic amines is 1. The number of benzene rings is 2. The zero-order valence-corrected chi connectivity index (χ0v) is 19.1. The fourth-order valence-corrected chi connectivity index (χ4v) is 5.23. The van der Waals surface area contributed by atoms with Crippen LogP contribution in [0.4, 0.5) is 17.5 Å². The number of carbonyl (C=O) groups is 1. The van der Waals surface area contributed by atoms with Crippen molar-refractivity contribution in [2.24, 2.45) is 5.92 Å². The Bertz CT molecular complexity index is 1440. The predicted octanol–water partition coefficient (Wildman–Crippen LogP) is 3.24. The van der Waals surface area contributed by atoms with Crippen LogP contribution in [0.1, 0.15) is 36.0 Å². The van der Waals surface area contributed by atoms with E-state index in [1.807, 2.05) is 23.1 Å². The lowest BCUT2D eigenvalue weighted by Crippen LogP contribution is -2.39. The molecular formula is C26H23N5O4. The number of carbonyl (C=O) groups excluding carboxylic acids is 1. The molecule has 6 rings (SSSR count). The molecule has 0 aliphatic carbocycles. The van der Waals surface area contributed by atoms with Crippen molar-refractivity contribution in [2.75, 3.05) is 23.4 Å². The van der Waals surface area contributed by atoms with Crippen LogP contribution in [0.3, 0.4) is 0 Å². The molecule has 0 fully saturated rings. The number of nitriles is 1. The monoisotopic (exact) mass is 469 g/mol. The molecule has 35 heavy (non-hydrogen) atoms. The molecule has 0 radical (unpaired) electrons. The zero-order valence-electron chi connectivity index (χ0n) is 19.1. The molecule has 3 unspecified atom stereocenters. The third-order valence-corrected chi connectivity index (χ3v) is 6.82. The van der Waals surface area contributed by atoms with E-state index in [1.165, 1.54) is 5.56 Å². The van der Waals surface area contributed by atoms with E-state index in [0.717, 1.165) is 18.5 Å². The molecule has 2 N–H and O–H groups in total. The first-order chi connectivity index (χ1) is 17.0. The van der Waals surface area contributed by atoms with E-state index in [1.54, 1.807) is 18.2 Å². The van der Waals surface area contributed by atoms with Gasteiger partial charge in [0.1, 0.15) is 11.7 Å². The Balaban J connectivity index is 1.48. The van der Waals surface area contributed by atoms with Crippen LogP contribution in [0.15, 0.2) is 47.3 Å². The standard InChI is InChI=1S/C26H23N5O4/c1-14-11-15-5-2-3-6-18(15)31(14)26-29-23-22(25(33)30-26)21(17(13-27)24(32)28-23)16-7-8-19-20(12-16)35-10-4-9-34-19/h2-3,5-8,12,14,17,21H,4,9-11H2,1H3,(H2,28,29,30,32,33). The number of hydrogen-bond acceptors (Lipinski definition) is 7. The van der Waals surface area contributed by atoms with E-state index in [2.05, 4.69) is 34.3 Å². The van der Waals surface area contributed by atoms with Crippen LogP contribution in [-0.2, 0) is 11.2 Å². The average Bonchev–Trinajstić information content (AvgIpc) is 3.01. The largest absolute Gasteiger partial charge is 0.490 e. The number of anilines is 3. The van der Waals surface area contributed by atoms with Gasteiger partial charge in [0.05, 0.1) is 24.8 Å². The van der Waals surface area contributed by atoms with Gasteiger partial charge in [-0.05, 0) is 42.7 Å². The molecule has 9 heteroatoms. The van der Waals surface area contributed by atoms with Crippen LogP contribution < -0.4 is 25.2 Å². The van der Waals surface area contributed by atoms with Crippen molar-refractivity contribution in [1.29, 1.82) is 5.26 Å². The van der Waals surface area contributed by atoms with Gasteiger partial charge in [-0.1, -0.05) is 24.3 Å². The zero-order chi connectivity index (χ0) is 24.1. The lowest BCUT2D eigenvalue weighted by molar-refractivity contribution is -0.119. The smallest absolute Gasteiger partial charge is 0.258 e.